The molecule has 0 fully saturated rings. The van der Waals surface area contributed by atoms with E-state index in [1.165, 1.54) is 17.6 Å². The van der Waals surface area contributed by atoms with Gasteiger partial charge in [-0.05, 0) is 37.8 Å². The van der Waals surface area contributed by atoms with Crippen LogP contribution < -0.4 is 5.32 Å². The van der Waals surface area contributed by atoms with Crippen LogP contribution >= 0.6 is 11.3 Å². The average Bonchev–Trinajstić information content (AvgIpc) is 2.63. The first kappa shape index (κ1) is 12.2. The summed E-state index contributed by atoms with van der Waals surface area (Å²) in [5.41, 5.74) is 1.26. The van der Waals surface area contributed by atoms with Crippen LogP contribution in [0, 0.1) is 6.92 Å². The first-order valence-corrected chi connectivity index (χ1v) is 5.82. The van der Waals surface area contributed by atoms with E-state index in [1.807, 2.05) is 6.92 Å². The first-order chi connectivity index (χ1) is 7.06. The Morgan fingerprint density at radius 1 is 1.53 bits per heavy atom. The number of hydrogen-bond donors (Lipinski definition) is 1. The standard InChI is InChI=1S/C11H17NO2S/c1-7-5-6-15-10(7)8(2)12-9(3)11(13)14-4/h5-6,8-9,12H,1-4H3/t8?,9-/m0/s1. The van der Waals surface area contributed by atoms with Gasteiger partial charge in [-0.2, -0.15) is 0 Å². The van der Waals surface area contributed by atoms with Crippen LogP contribution in [0.25, 0.3) is 0 Å². The van der Waals surface area contributed by atoms with E-state index in [1.54, 1.807) is 11.3 Å². The third-order valence-corrected chi connectivity index (χ3v) is 3.55. The molecule has 0 aromatic carbocycles. The van der Waals surface area contributed by atoms with Crippen molar-refractivity contribution in [1.29, 1.82) is 0 Å². The van der Waals surface area contributed by atoms with Crippen molar-refractivity contribution in [2.75, 3.05) is 7.11 Å². The lowest BCUT2D eigenvalue weighted by atomic mass is 10.1. The van der Waals surface area contributed by atoms with Gasteiger partial charge in [0.1, 0.15) is 6.04 Å². The number of ether oxygens (including phenoxy) is 1. The van der Waals surface area contributed by atoms with Gasteiger partial charge in [0, 0.05) is 10.9 Å². The van der Waals surface area contributed by atoms with Crippen LogP contribution in [0.1, 0.15) is 30.3 Å². The highest BCUT2D eigenvalue weighted by Gasteiger charge is 2.17. The van der Waals surface area contributed by atoms with Gasteiger partial charge >= 0.3 is 5.97 Å². The fourth-order valence-corrected chi connectivity index (χ4v) is 2.47. The summed E-state index contributed by atoms with van der Waals surface area (Å²) in [6.07, 6.45) is 0. The summed E-state index contributed by atoms with van der Waals surface area (Å²) >= 11 is 1.70. The Labute approximate surface area is 94.5 Å². The van der Waals surface area contributed by atoms with E-state index in [9.17, 15) is 4.79 Å². The van der Waals surface area contributed by atoms with Crippen LogP contribution in [0.2, 0.25) is 0 Å². The molecule has 0 aliphatic rings. The van der Waals surface area contributed by atoms with Gasteiger partial charge in [-0.3, -0.25) is 10.1 Å². The number of aryl methyl sites for hydroxylation is 1. The van der Waals surface area contributed by atoms with Crippen LogP contribution in [0.5, 0.6) is 0 Å². The highest BCUT2D eigenvalue weighted by Crippen LogP contribution is 2.23. The predicted molar refractivity (Wildman–Crippen MR) is 62.1 cm³/mol. The van der Waals surface area contributed by atoms with Gasteiger partial charge in [-0.15, -0.1) is 11.3 Å². The van der Waals surface area contributed by atoms with E-state index >= 15 is 0 Å². The fraction of sp³-hybridized carbons (Fsp3) is 0.545. The lowest BCUT2D eigenvalue weighted by Crippen LogP contribution is -2.36. The smallest absolute Gasteiger partial charge is 0.322 e. The van der Waals surface area contributed by atoms with E-state index in [0.29, 0.717) is 0 Å². The second-order valence-corrected chi connectivity index (χ2v) is 4.55. The Hall–Kier alpha value is -0.870. The number of rotatable bonds is 4. The molecule has 0 saturated heterocycles. The average molecular weight is 227 g/mol. The zero-order chi connectivity index (χ0) is 11.4. The summed E-state index contributed by atoms with van der Waals surface area (Å²) < 4.78 is 4.66. The Kier molecular flexibility index (Phi) is 4.29. The molecule has 1 unspecified atom stereocenters. The molecule has 0 aliphatic carbocycles. The van der Waals surface area contributed by atoms with E-state index in [4.69, 9.17) is 0 Å². The van der Waals surface area contributed by atoms with Crippen LogP contribution in [-0.4, -0.2) is 19.1 Å². The summed E-state index contributed by atoms with van der Waals surface area (Å²) in [6.45, 7) is 5.94. The van der Waals surface area contributed by atoms with Crippen molar-refractivity contribution in [3.05, 3.63) is 21.9 Å². The maximum atomic E-state index is 11.2. The van der Waals surface area contributed by atoms with Crippen LogP contribution in [0.4, 0.5) is 0 Å². The summed E-state index contributed by atoms with van der Waals surface area (Å²) in [4.78, 5) is 12.5. The Morgan fingerprint density at radius 3 is 2.67 bits per heavy atom. The molecule has 0 spiro atoms. The normalized spacial score (nSPS) is 14.7. The van der Waals surface area contributed by atoms with Crippen molar-refractivity contribution in [2.24, 2.45) is 0 Å². The van der Waals surface area contributed by atoms with Crippen LogP contribution in [0.15, 0.2) is 11.4 Å². The minimum Gasteiger partial charge on any atom is -0.468 e. The molecular weight excluding hydrogens is 210 g/mol. The molecule has 0 bridgehead atoms. The molecule has 0 amide bonds. The number of carbonyl (C=O) groups excluding carboxylic acids is 1. The Bertz CT molecular complexity index is 335. The van der Waals surface area contributed by atoms with E-state index in [0.717, 1.165) is 0 Å². The molecular formula is C11H17NO2S. The lowest BCUT2D eigenvalue weighted by Gasteiger charge is -2.17. The van der Waals surface area contributed by atoms with Gasteiger partial charge in [0.15, 0.2) is 0 Å². The van der Waals surface area contributed by atoms with E-state index in [2.05, 4.69) is 35.3 Å². The maximum Gasteiger partial charge on any atom is 0.322 e. The number of thiophene rings is 1. The number of methoxy groups -OCH3 is 1. The van der Waals surface area contributed by atoms with Crippen LogP contribution in [-0.2, 0) is 9.53 Å². The second-order valence-electron chi connectivity index (χ2n) is 3.60. The molecule has 1 rings (SSSR count). The zero-order valence-corrected chi connectivity index (χ0v) is 10.4. The molecule has 0 aliphatic heterocycles. The molecule has 1 heterocycles. The maximum absolute atomic E-state index is 11.2. The van der Waals surface area contributed by atoms with Crippen molar-refractivity contribution in [1.82, 2.24) is 5.32 Å². The van der Waals surface area contributed by atoms with Crippen molar-refractivity contribution in [3.63, 3.8) is 0 Å². The molecule has 3 nitrogen and oxygen atoms in total. The van der Waals surface area contributed by atoms with Gasteiger partial charge in [0.2, 0.25) is 0 Å². The molecule has 15 heavy (non-hydrogen) atoms. The van der Waals surface area contributed by atoms with Crippen molar-refractivity contribution < 1.29 is 9.53 Å². The van der Waals surface area contributed by atoms with E-state index in [-0.39, 0.29) is 18.1 Å². The van der Waals surface area contributed by atoms with Crippen molar-refractivity contribution in [2.45, 2.75) is 32.9 Å². The molecule has 4 heteroatoms. The highest BCUT2D eigenvalue weighted by molar-refractivity contribution is 7.10. The monoisotopic (exact) mass is 227 g/mol. The topological polar surface area (TPSA) is 38.3 Å². The Balaban J connectivity index is 2.60. The highest BCUT2D eigenvalue weighted by atomic mass is 32.1. The second kappa shape index (κ2) is 5.28. The molecule has 1 N–H and O–H groups in total. The minimum atomic E-state index is -0.272. The van der Waals surface area contributed by atoms with Gasteiger partial charge in [0.25, 0.3) is 0 Å². The van der Waals surface area contributed by atoms with Gasteiger partial charge in [0.05, 0.1) is 7.11 Å². The number of esters is 1. The summed E-state index contributed by atoms with van der Waals surface area (Å²) in [5, 5.41) is 5.27. The van der Waals surface area contributed by atoms with Crippen molar-refractivity contribution in [3.8, 4) is 0 Å². The first-order valence-electron chi connectivity index (χ1n) is 4.94. The molecule has 2 atom stereocenters. The zero-order valence-electron chi connectivity index (χ0n) is 9.53. The Morgan fingerprint density at radius 2 is 2.20 bits per heavy atom. The summed E-state index contributed by atoms with van der Waals surface area (Å²) in [6, 6.07) is 1.99. The summed E-state index contributed by atoms with van der Waals surface area (Å²) in [7, 11) is 1.40. The summed E-state index contributed by atoms with van der Waals surface area (Å²) in [5.74, 6) is -0.226. The quantitative estimate of drug-likeness (QED) is 0.802. The van der Waals surface area contributed by atoms with Crippen LogP contribution in [0.3, 0.4) is 0 Å². The number of hydrogen-bond acceptors (Lipinski definition) is 4. The molecule has 0 radical (unpaired) electrons. The predicted octanol–water partition coefficient (Wildman–Crippen LogP) is 2.27. The fourth-order valence-electron chi connectivity index (χ4n) is 1.52. The SMILES string of the molecule is COC(=O)[C@H](C)NC(C)c1sccc1C. The third kappa shape index (κ3) is 3.04. The van der Waals surface area contributed by atoms with E-state index < -0.39 is 0 Å². The minimum absolute atomic E-state index is 0.180. The number of nitrogens with one attached hydrogen (secondary N) is 1. The largest absolute Gasteiger partial charge is 0.468 e. The van der Waals surface area contributed by atoms with Crippen molar-refractivity contribution >= 4 is 17.3 Å². The molecule has 1 aromatic heterocycles. The van der Waals surface area contributed by atoms with Gasteiger partial charge in [-0.25, -0.2) is 0 Å². The number of carbonyl (C=O) groups is 1. The van der Waals surface area contributed by atoms with Gasteiger partial charge < -0.3 is 4.74 Å². The molecule has 1 aromatic rings. The molecule has 84 valence electrons. The van der Waals surface area contributed by atoms with Gasteiger partial charge in [-0.1, -0.05) is 0 Å². The molecule has 0 saturated carbocycles. The third-order valence-electron chi connectivity index (χ3n) is 2.35. The lowest BCUT2D eigenvalue weighted by molar-refractivity contribution is -0.142.